The molecule has 3 rings (SSSR count). The third kappa shape index (κ3) is 4.27. The number of hydrogen-bond acceptors (Lipinski definition) is 5. The molecule has 7 heteroatoms. The standard InChI is InChI=1S/C19H11F2NO4/c20-12-4-8-14(9-5-12)25-18(23)16-2-1-3-17(22-16)19(24)26-15-10-6-13(21)7-11-15/h1-11H. The number of carbonyl (C=O) groups excluding carboxylic acids is 2. The molecule has 0 radical (unpaired) electrons. The van der Waals surface area contributed by atoms with Crippen molar-refractivity contribution in [3.8, 4) is 11.5 Å². The van der Waals surface area contributed by atoms with Gasteiger partial charge in [-0.1, -0.05) is 6.07 Å². The summed E-state index contributed by atoms with van der Waals surface area (Å²) in [4.78, 5) is 28.1. The molecule has 1 heterocycles. The van der Waals surface area contributed by atoms with Crippen molar-refractivity contribution in [1.29, 1.82) is 0 Å². The summed E-state index contributed by atoms with van der Waals surface area (Å²) in [5.74, 6) is -2.28. The van der Waals surface area contributed by atoms with Crippen LogP contribution in [0.1, 0.15) is 21.0 Å². The van der Waals surface area contributed by atoms with Crippen molar-refractivity contribution in [2.45, 2.75) is 0 Å². The Labute approximate surface area is 146 Å². The van der Waals surface area contributed by atoms with Gasteiger partial charge in [-0.25, -0.2) is 23.4 Å². The molecule has 5 nitrogen and oxygen atoms in total. The van der Waals surface area contributed by atoms with Crippen molar-refractivity contribution in [2.24, 2.45) is 0 Å². The van der Waals surface area contributed by atoms with E-state index >= 15 is 0 Å². The molecule has 0 amide bonds. The van der Waals surface area contributed by atoms with Crippen LogP contribution in [-0.2, 0) is 0 Å². The summed E-state index contributed by atoms with van der Waals surface area (Å²) in [6, 6.07) is 13.9. The molecule has 0 aliphatic rings. The maximum absolute atomic E-state index is 12.9. The van der Waals surface area contributed by atoms with E-state index in [1.165, 1.54) is 42.5 Å². The number of rotatable bonds is 4. The summed E-state index contributed by atoms with van der Waals surface area (Å²) in [7, 11) is 0. The summed E-state index contributed by atoms with van der Waals surface area (Å²) in [6.07, 6.45) is 0. The average molecular weight is 355 g/mol. The normalized spacial score (nSPS) is 10.2. The van der Waals surface area contributed by atoms with E-state index in [0.717, 1.165) is 24.3 Å². The first-order chi connectivity index (χ1) is 12.5. The van der Waals surface area contributed by atoms with E-state index in [4.69, 9.17) is 9.47 Å². The van der Waals surface area contributed by atoms with E-state index in [1.807, 2.05) is 0 Å². The van der Waals surface area contributed by atoms with Crippen LogP contribution in [0.2, 0.25) is 0 Å². The van der Waals surface area contributed by atoms with Crippen molar-refractivity contribution >= 4 is 11.9 Å². The van der Waals surface area contributed by atoms with Crippen molar-refractivity contribution < 1.29 is 27.8 Å². The van der Waals surface area contributed by atoms with E-state index in [2.05, 4.69) is 4.98 Å². The van der Waals surface area contributed by atoms with Gasteiger partial charge in [-0.05, 0) is 60.7 Å². The Bertz CT molecular complexity index is 866. The zero-order chi connectivity index (χ0) is 18.5. The van der Waals surface area contributed by atoms with Gasteiger partial charge in [0.1, 0.15) is 34.5 Å². The minimum absolute atomic E-state index is 0.122. The minimum atomic E-state index is -0.812. The smallest absolute Gasteiger partial charge is 0.362 e. The molecule has 0 saturated carbocycles. The Morgan fingerprint density at radius 3 is 1.42 bits per heavy atom. The molecule has 0 fully saturated rings. The SMILES string of the molecule is O=C(Oc1ccc(F)cc1)c1cccc(C(=O)Oc2ccc(F)cc2)n1. The number of pyridine rings is 1. The molecule has 0 saturated heterocycles. The zero-order valence-electron chi connectivity index (χ0n) is 13.2. The molecule has 130 valence electrons. The van der Waals surface area contributed by atoms with Crippen molar-refractivity contribution in [2.75, 3.05) is 0 Å². The number of esters is 2. The van der Waals surface area contributed by atoms with Gasteiger partial charge in [0, 0.05) is 0 Å². The van der Waals surface area contributed by atoms with Crippen LogP contribution in [0.15, 0.2) is 66.7 Å². The zero-order valence-corrected chi connectivity index (χ0v) is 13.2. The summed E-state index contributed by atoms with van der Waals surface area (Å²) in [6.45, 7) is 0. The fraction of sp³-hybridized carbons (Fsp3) is 0. The highest BCUT2D eigenvalue weighted by atomic mass is 19.1. The molecule has 26 heavy (non-hydrogen) atoms. The predicted octanol–water partition coefficient (Wildman–Crippen LogP) is 3.80. The lowest BCUT2D eigenvalue weighted by molar-refractivity contribution is 0.0722. The summed E-state index contributed by atoms with van der Waals surface area (Å²) in [5, 5.41) is 0. The second kappa shape index (κ2) is 7.52. The van der Waals surface area contributed by atoms with Crippen molar-refractivity contribution in [1.82, 2.24) is 4.98 Å². The van der Waals surface area contributed by atoms with Gasteiger partial charge in [0.05, 0.1) is 0 Å². The number of hydrogen-bond donors (Lipinski definition) is 0. The van der Waals surface area contributed by atoms with E-state index in [0.29, 0.717) is 0 Å². The van der Waals surface area contributed by atoms with Crippen LogP contribution in [0.3, 0.4) is 0 Å². The molecule has 1 aromatic heterocycles. The Balaban J connectivity index is 1.72. The Hall–Kier alpha value is -3.61. The fourth-order valence-electron chi connectivity index (χ4n) is 1.99. The summed E-state index contributed by atoms with van der Waals surface area (Å²) >= 11 is 0. The lowest BCUT2D eigenvalue weighted by Crippen LogP contribution is -2.15. The average Bonchev–Trinajstić information content (AvgIpc) is 2.65. The monoisotopic (exact) mass is 355 g/mol. The highest BCUT2D eigenvalue weighted by Crippen LogP contribution is 2.15. The van der Waals surface area contributed by atoms with Gasteiger partial charge in [-0.3, -0.25) is 0 Å². The van der Waals surface area contributed by atoms with Crippen molar-refractivity contribution in [3.05, 3.63) is 89.8 Å². The summed E-state index contributed by atoms with van der Waals surface area (Å²) in [5.41, 5.74) is -0.245. The van der Waals surface area contributed by atoms with Gasteiger partial charge in [0.2, 0.25) is 0 Å². The van der Waals surface area contributed by atoms with Gasteiger partial charge < -0.3 is 9.47 Å². The first kappa shape index (κ1) is 17.2. The molecule has 0 aliphatic carbocycles. The lowest BCUT2D eigenvalue weighted by atomic mass is 10.3. The van der Waals surface area contributed by atoms with Gasteiger partial charge in [0.15, 0.2) is 0 Å². The van der Waals surface area contributed by atoms with Crippen LogP contribution in [-0.4, -0.2) is 16.9 Å². The van der Waals surface area contributed by atoms with Gasteiger partial charge in [0.25, 0.3) is 0 Å². The highest BCUT2D eigenvalue weighted by molar-refractivity contribution is 5.93. The highest BCUT2D eigenvalue weighted by Gasteiger charge is 2.16. The number of ether oxygens (including phenoxy) is 2. The topological polar surface area (TPSA) is 65.5 Å². The molecule has 0 spiro atoms. The second-order valence-electron chi connectivity index (χ2n) is 5.09. The third-order valence-corrected chi connectivity index (χ3v) is 3.22. The number of benzene rings is 2. The van der Waals surface area contributed by atoms with Crippen LogP contribution >= 0.6 is 0 Å². The van der Waals surface area contributed by atoms with Crippen LogP contribution in [0.5, 0.6) is 11.5 Å². The number of carbonyl (C=O) groups is 2. The molecule has 0 atom stereocenters. The maximum Gasteiger partial charge on any atom is 0.362 e. The van der Waals surface area contributed by atoms with Crippen LogP contribution < -0.4 is 9.47 Å². The number of nitrogens with zero attached hydrogens (tertiary/aromatic N) is 1. The van der Waals surface area contributed by atoms with Crippen LogP contribution in [0, 0.1) is 11.6 Å². The third-order valence-electron chi connectivity index (χ3n) is 3.22. The molecule has 0 aliphatic heterocycles. The Morgan fingerprint density at radius 2 is 1.04 bits per heavy atom. The lowest BCUT2D eigenvalue weighted by Gasteiger charge is -2.06. The molecule has 3 aromatic rings. The minimum Gasteiger partial charge on any atom is -0.422 e. The first-order valence-corrected chi connectivity index (χ1v) is 7.44. The van der Waals surface area contributed by atoms with E-state index in [-0.39, 0.29) is 22.9 Å². The van der Waals surface area contributed by atoms with Crippen LogP contribution in [0.4, 0.5) is 8.78 Å². The van der Waals surface area contributed by atoms with E-state index in [1.54, 1.807) is 0 Å². The molecular weight excluding hydrogens is 344 g/mol. The van der Waals surface area contributed by atoms with Crippen molar-refractivity contribution in [3.63, 3.8) is 0 Å². The molecule has 0 unspecified atom stereocenters. The maximum atomic E-state index is 12.9. The van der Waals surface area contributed by atoms with Gasteiger partial charge in [-0.15, -0.1) is 0 Å². The number of aromatic nitrogens is 1. The summed E-state index contributed by atoms with van der Waals surface area (Å²) < 4.78 is 35.8. The molecular formula is C19H11F2NO4. The fourth-order valence-corrected chi connectivity index (χ4v) is 1.99. The van der Waals surface area contributed by atoms with Gasteiger partial charge in [-0.2, -0.15) is 0 Å². The predicted molar refractivity (Wildman–Crippen MR) is 87.0 cm³/mol. The van der Waals surface area contributed by atoms with Gasteiger partial charge >= 0.3 is 11.9 Å². The number of halogens is 2. The molecule has 0 N–H and O–H groups in total. The first-order valence-electron chi connectivity index (χ1n) is 7.44. The van der Waals surface area contributed by atoms with Crippen LogP contribution in [0.25, 0.3) is 0 Å². The quantitative estimate of drug-likeness (QED) is 0.526. The Kier molecular flexibility index (Phi) is 4.98. The second-order valence-corrected chi connectivity index (χ2v) is 5.09. The van der Waals surface area contributed by atoms with E-state index in [9.17, 15) is 18.4 Å². The molecule has 2 aromatic carbocycles. The Morgan fingerprint density at radius 1 is 0.654 bits per heavy atom. The largest absolute Gasteiger partial charge is 0.422 e. The molecule has 0 bridgehead atoms. The van der Waals surface area contributed by atoms with E-state index < -0.39 is 23.6 Å².